The van der Waals surface area contributed by atoms with E-state index < -0.39 is 17.0 Å². The topological polar surface area (TPSA) is 66.4 Å². The van der Waals surface area contributed by atoms with E-state index in [0.29, 0.717) is 3.57 Å². The number of hydrogen-bond acceptors (Lipinski definition) is 4. The van der Waals surface area contributed by atoms with E-state index in [1.807, 2.05) is 22.6 Å². The number of esters is 1. The molecule has 0 aliphatic heterocycles. The second-order valence-electron chi connectivity index (χ2n) is 2.60. The van der Waals surface area contributed by atoms with Gasteiger partial charge in [0.05, 0.1) is 12.2 Å². The van der Waals surface area contributed by atoms with Crippen LogP contribution in [-0.2, 0) is 15.8 Å². The van der Waals surface area contributed by atoms with Crippen molar-refractivity contribution in [2.45, 2.75) is 11.8 Å². The third-order valence-corrected chi connectivity index (χ3v) is 3.21. The van der Waals surface area contributed by atoms with Crippen molar-refractivity contribution < 1.29 is 47.9 Å². The Bertz CT molecular complexity index is 410. The largest absolute Gasteiger partial charge is 1.00 e. The van der Waals surface area contributed by atoms with Gasteiger partial charge in [0, 0.05) is 8.47 Å². The van der Waals surface area contributed by atoms with E-state index >= 15 is 0 Å². The molecule has 1 aromatic rings. The monoisotopic (exact) mass is 362 g/mol. The molecule has 1 unspecified atom stereocenters. The molecule has 4 nitrogen and oxygen atoms in total. The molecule has 0 spiro atoms. The van der Waals surface area contributed by atoms with Crippen LogP contribution in [0, 0.1) is 3.57 Å². The van der Waals surface area contributed by atoms with Crippen LogP contribution in [0.4, 0.5) is 0 Å². The fraction of sp³-hybridized carbons (Fsp3) is 0.222. The van der Waals surface area contributed by atoms with Crippen LogP contribution < -0.4 is 29.6 Å². The second-order valence-corrected chi connectivity index (χ2v) is 4.70. The Balaban J connectivity index is 0.00000225. The van der Waals surface area contributed by atoms with Gasteiger partial charge in [-0.2, -0.15) is 0 Å². The zero-order valence-corrected chi connectivity index (χ0v) is 13.8. The van der Waals surface area contributed by atoms with Crippen LogP contribution in [0.15, 0.2) is 23.1 Å². The number of hydrogen-bond donors (Lipinski definition) is 0. The fourth-order valence-corrected chi connectivity index (χ4v) is 1.92. The molecule has 0 amide bonds. The zero-order valence-electron chi connectivity index (χ0n) is 8.86. The van der Waals surface area contributed by atoms with Gasteiger partial charge in [-0.15, -0.1) is 0 Å². The number of rotatable bonds is 3. The maximum absolute atomic E-state index is 11.4. The molecule has 0 aromatic heterocycles. The molecule has 1 rings (SSSR count). The minimum atomic E-state index is -2.33. The minimum Gasteiger partial charge on any atom is -0.768 e. The average Bonchev–Trinajstić information content (AvgIpc) is 2.18. The molecule has 0 heterocycles. The number of halogens is 1. The van der Waals surface area contributed by atoms with Crippen molar-refractivity contribution in [2.75, 3.05) is 6.61 Å². The summed E-state index contributed by atoms with van der Waals surface area (Å²) in [6.45, 7) is 1.96. The van der Waals surface area contributed by atoms with Gasteiger partial charge < -0.3 is 9.29 Å². The van der Waals surface area contributed by atoms with E-state index in [-0.39, 0.29) is 46.6 Å². The van der Waals surface area contributed by atoms with Crippen LogP contribution in [0.2, 0.25) is 0 Å². The summed E-state index contributed by atoms with van der Waals surface area (Å²) in [5, 5.41) is 0. The Morgan fingerprint density at radius 2 is 2.19 bits per heavy atom. The van der Waals surface area contributed by atoms with Crippen molar-refractivity contribution in [1.82, 2.24) is 0 Å². The summed E-state index contributed by atoms with van der Waals surface area (Å²) < 4.78 is 26.8. The predicted octanol–water partition coefficient (Wildman–Crippen LogP) is -1.29. The zero-order chi connectivity index (χ0) is 11.4. The first-order valence-electron chi connectivity index (χ1n) is 4.12. The van der Waals surface area contributed by atoms with E-state index in [4.69, 9.17) is 4.74 Å². The summed E-state index contributed by atoms with van der Waals surface area (Å²) in [5.74, 6) is -0.505. The third kappa shape index (κ3) is 4.42. The van der Waals surface area contributed by atoms with E-state index in [2.05, 4.69) is 0 Å². The molecule has 0 bridgehead atoms. The van der Waals surface area contributed by atoms with Gasteiger partial charge in [-0.05, 0) is 58.8 Å². The minimum absolute atomic E-state index is 0. The van der Waals surface area contributed by atoms with Crippen LogP contribution >= 0.6 is 22.6 Å². The molecule has 0 N–H and O–H groups in total. The van der Waals surface area contributed by atoms with Crippen LogP contribution in [-0.4, -0.2) is 21.3 Å². The van der Waals surface area contributed by atoms with Gasteiger partial charge in [-0.1, -0.05) is 0 Å². The van der Waals surface area contributed by atoms with Crippen molar-refractivity contribution in [3.05, 3.63) is 27.3 Å². The first-order valence-corrected chi connectivity index (χ1v) is 6.27. The summed E-state index contributed by atoms with van der Waals surface area (Å²) in [6.07, 6.45) is 0. The van der Waals surface area contributed by atoms with Gasteiger partial charge in [0.1, 0.15) is 0 Å². The maximum atomic E-state index is 11.4. The molecule has 0 saturated carbocycles. The Morgan fingerprint density at radius 3 is 2.69 bits per heavy atom. The Labute approximate surface area is 132 Å². The molecular weight excluding hydrogens is 354 g/mol. The van der Waals surface area contributed by atoms with E-state index in [9.17, 15) is 13.6 Å². The molecule has 7 heteroatoms. The van der Waals surface area contributed by atoms with Crippen LogP contribution in [0.3, 0.4) is 0 Å². The van der Waals surface area contributed by atoms with Gasteiger partial charge in [0.25, 0.3) is 0 Å². The molecule has 1 aromatic carbocycles. The third-order valence-electron chi connectivity index (χ3n) is 1.63. The van der Waals surface area contributed by atoms with Crippen molar-refractivity contribution in [2.24, 2.45) is 0 Å². The maximum Gasteiger partial charge on any atom is 1.00 e. The summed E-state index contributed by atoms with van der Waals surface area (Å²) in [6, 6.07) is 4.31. The Kier molecular flexibility index (Phi) is 8.04. The first-order chi connectivity index (χ1) is 7.06. The predicted molar refractivity (Wildman–Crippen MR) is 62.3 cm³/mol. The van der Waals surface area contributed by atoms with Gasteiger partial charge in [0.2, 0.25) is 0 Å². The number of carbonyl (C=O) groups excluding carboxylic acids is 1. The Morgan fingerprint density at radius 1 is 1.56 bits per heavy atom. The number of carbonyl (C=O) groups is 1. The molecule has 16 heavy (non-hydrogen) atoms. The fourth-order valence-electron chi connectivity index (χ4n) is 0.973. The molecule has 0 radical (unpaired) electrons. The molecule has 0 fully saturated rings. The van der Waals surface area contributed by atoms with Crippen molar-refractivity contribution in [3.8, 4) is 0 Å². The smallest absolute Gasteiger partial charge is 0.768 e. The SMILES string of the molecule is CCOC(=O)c1cc(S(=O)[O-])ccc1I.[Na+]. The summed E-state index contributed by atoms with van der Waals surface area (Å²) in [7, 11) is 0. The summed E-state index contributed by atoms with van der Waals surface area (Å²) >= 11 is -0.376. The van der Waals surface area contributed by atoms with Gasteiger partial charge in [0.15, 0.2) is 0 Å². The van der Waals surface area contributed by atoms with Gasteiger partial charge in [-0.25, -0.2) is 4.79 Å². The van der Waals surface area contributed by atoms with Crippen molar-refractivity contribution in [3.63, 3.8) is 0 Å². The first kappa shape index (κ1) is 16.5. The van der Waals surface area contributed by atoms with E-state index in [0.717, 1.165) is 0 Å². The molecule has 1 atom stereocenters. The summed E-state index contributed by atoms with van der Waals surface area (Å²) in [5.41, 5.74) is 0.277. The van der Waals surface area contributed by atoms with E-state index in [1.165, 1.54) is 12.1 Å². The molecular formula is C9H8INaO4S. The average molecular weight is 362 g/mol. The quantitative estimate of drug-likeness (QED) is 0.291. The van der Waals surface area contributed by atoms with Gasteiger partial charge in [-0.3, -0.25) is 4.21 Å². The standard InChI is InChI=1S/C9H9IO4S.Na/c1-2-14-9(11)7-5-6(15(12)13)3-4-8(7)10;/h3-5H,2H2,1H3,(H,12,13);/q;+1/p-1. The summed E-state index contributed by atoms with van der Waals surface area (Å²) in [4.78, 5) is 11.5. The van der Waals surface area contributed by atoms with Crippen LogP contribution in [0.1, 0.15) is 17.3 Å². The van der Waals surface area contributed by atoms with Gasteiger partial charge >= 0.3 is 35.5 Å². The van der Waals surface area contributed by atoms with Crippen molar-refractivity contribution in [1.29, 1.82) is 0 Å². The second kappa shape index (κ2) is 7.78. The molecule has 82 valence electrons. The molecule has 0 saturated heterocycles. The Hall–Kier alpha value is 0.530. The van der Waals surface area contributed by atoms with Crippen LogP contribution in [0.25, 0.3) is 0 Å². The number of ether oxygens (including phenoxy) is 1. The van der Waals surface area contributed by atoms with E-state index in [1.54, 1.807) is 13.0 Å². The normalized spacial score (nSPS) is 11.4. The van der Waals surface area contributed by atoms with Crippen LogP contribution in [0.5, 0.6) is 0 Å². The van der Waals surface area contributed by atoms with Crippen molar-refractivity contribution >= 4 is 39.6 Å². The molecule has 0 aliphatic carbocycles. The molecule has 0 aliphatic rings. The number of benzene rings is 1.